The number of rotatable bonds is 3. The molecule has 1 fully saturated rings. The van der Waals surface area contributed by atoms with E-state index in [0.717, 1.165) is 5.69 Å². The summed E-state index contributed by atoms with van der Waals surface area (Å²) < 4.78 is 0. The zero-order chi connectivity index (χ0) is 24.6. The maximum Gasteiger partial charge on any atom is 0.255 e. The molecule has 1 amide bonds. The monoisotopic (exact) mass is 511 g/mol. The van der Waals surface area contributed by atoms with E-state index in [1.165, 1.54) is 11.0 Å². The van der Waals surface area contributed by atoms with Crippen LogP contribution in [0.1, 0.15) is 17.5 Å². The Morgan fingerprint density at radius 1 is 1.11 bits per heavy atom. The zero-order valence-electron chi connectivity index (χ0n) is 19.7. The fourth-order valence-corrected chi connectivity index (χ4v) is 5.65. The van der Waals surface area contributed by atoms with E-state index in [2.05, 4.69) is 0 Å². The number of Topliss-reactive ketones (excluding diaryl/α,β-unsaturated/α-hetero) is 2. The Balaban J connectivity index is 0.00000216. The summed E-state index contributed by atoms with van der Waals surface area (Å²) in [6, 6.07) is 2.01. The third-order valence-electron chi connectivity index (χ3n) is 7.06. The lowest BCUT2D eigenvalue weighted by Crippen LogP contribution is -2.65. The number of aliphatic hydroxyl groups is 3. The number of halogens is 1. The van der Waals surface area contributed by atoms with Gasteiger partial charge in [-0.2, -0.15) is 0 Å². The van der Waals surface area contributed by atoms with E-state index in [4.69, 9.17) is 5.73 Å². The molecule has 3 aliphatic carbocycles. The molecule has 0 radical (unpaired) electrons. The number of aromatic hydroxyl groups is 1. The van der Waals surface area contributed by atoms with Crippen molar-refractivity contribution in [1.82, 2.24) is 4.90 Å². The molecule has 1 saturated carbocycles. The number of benzene rings is 1. The molecule has 0 saturated heterocycles. The van der Waals surface area contributed by atoms with Gasteiger partial charge in [0.05, 0.1) is 11.6 Å². The summed E-state index contributed by atoms with van der Waals surface area (Å²) >= 11 is 0. The van der Waals surface area contributed by atoms with E-state index in [-0.39, 0.29) is 47.6 Å². The number of carbonyl (C=O) groups is 3. The van der Waals surface area contributed by atoms with Gasteiger partial charge in [0.1, 0.15) is 22.8 Å². The lowest BCUT2D eigenvalue weighted by molar-refractivity contribution is -0.153. The average molecular weight is 512 g/mol. The quantitative estimate of drug-likeness (QED) is 0.336. The molecule has 1 aromatic rings. The molecule has 192 valence electrons. The number of aliphatic hydroxyl groups excluding tert-OH is 2. The number of anilines is 1. The Hall–Kier alpha value is -3.12. The molecule has 0 bridgehead atoms. The van der Waals surface area contributed by atoms with E-state index in [9.17, 15) is 34.8 Å². The molecule has 12 heteroatoms. The molecule has 0 heterocycles. The molecule has 0 aromatic heterocycles. The lowest BCUT2D eigenvalue weighted by Gasteiger charge is -2.50. The minimum atomic E-state index is -2.63. The van der Waals surface area contributed by atoms with E-state index < -0.39 is 58.0 Å². The molecule has 3 aliphatic rings. The fraction of sp³-hybridized carbons (Fsp3) is 0.435. The number of amides is 1. The first-order valence-electron chi connectivity index (χ1n) is 10.5. The van der Waals surface area contributed by atoms with Crippen LogP contribution >= 0.6 is 12.4 Å². The maximum absolute atomic E-state index is 13.7. The van der Waals surface area contributed by atoms with Crippen molar-refractivity contribution >= 4 is 41.3 Å². The van der Waals surface area contributed by atoms with Gasteiger partial charge in [-0.15, -0.1) is 12.4 Å². The van der Waals surface area contributed by atoms with Gasteiger partial charge in [-0.3, -0.25) is 19.3 Å². The van der Waals surface area contributed by atoms with Gasteiger partial charge in [-0.25, -0.2) is 0 Å². The lowest BCUT2D eigenvalue weighted by atomic mass is 9.57. The van der Waals surface area contributed by atoms with Crippen LogP contribution in [0, 0.1) is 11.8 Å². The number of nitrogens with two attached hydrogens (primary N) is 1. The largest absolute Gasteiger partial charge is 0.508 e. The van der Waals surface area contributed by atoms with Crippen LogP contribution in [0.4, 0.5) is 5.69 Å². The van der Waals surface area contributed by atoms with Gasteiger partial charge in [0.2, 0.25) is 5.78 Å². The first-order valence-corrected chi connectivity index (χ1v) is 10.5. The van der Waals surface area contributed by atoms with Crippen molar-refractivity contribution in [2.24, 2.45) is 17.6 Å². The molecule has 0 spiro atoms. The number of carbonyl (C=O) groups excluding carboxylic acids is 3. The highest BCUT2D eigenvalue weighted by Crippen LogP contribution is 2.53. The Kier molecular flexibility index (Phi) is 7.35. The SMILES string of the molecule is CN(C)c1ccc(O)c2c1CC1CC3C(N(C)C)C(=O)C(C(N)=O)=C(O)[C@@]3(O)C(=O)C1=C2O.Cl.O. The summed E-state index contributed by atoms with van der Waals surface area (Å²) in [6.45, 7) is 0. The molecule has 11 nitrogen and oxygen atoms in total. The molecule has 0 aliphatic heterocycles. The van der Waals surface area contributed by atoms with Crippen molar-refractivity contribution in [3.8, 4) is 5.75 Å². The predicted molar refractivity (Wildman–Crippen MR) is 129 cm³/mol. The van der Waals surface area contributed by atoms with Crippen LogP contribution in [-0.4, -0.2) is 88.1 Å². The van der Waals surface area contributed by atoms with Crippen molar-refractivity contribution in [3.63, 3.8) is 0 Å². The van der Waals surface area contributed by atoms with Crippen molar-refractivity contribution in [2.45, 2.75) is 24.5 Å². The second-order valence-electron chi connectivity index (χ2n) is 9.31. The van der Waals surface area contributed by atoms with Crippen LogP contribution in [0.2, 0.25) is 0 Å². The zero-order valence-corrected chi connectivity index (χ0v) is 20.5. The van der Waals surface area contributed by atoms with E-state index in [1.54, 1.807) is 20.2 Å². The van der Waals surface area contributed by atoms with Gasteiger partial charge in [-0.05, 0) is 50.6 Å². The topological polar surface area (TPSA) is 196 Å². The standard InChI is InChI=1S/C23H27N3O7.ClH.H2O/c1-25(2)12-5-6-13(27)15-10(12)7-9-8-11-17(26(3)4)19(29)16(22(24)32)21(31)23(11,33)20(30)14(9)18(15)28;;/h5-6,9,11,17,27-28,31,33H,7-8H2,1-4H3,(H2,24,32);1H;1H2/t9?,11?,17?,23-;;/m0../s1. The van der Waals surface area contributed by atoms with Crippen molar-refractivity contribution < 1.29 is 40.3 Å². The van der Waals surface area contributed by atoms with Crippen LogP contribution < -0.4 is 10.6 Å². The first kappa shape index (κ1) is 28.1. The second kappa shape index (κ2) is 9.15. The summed E-state index contributed by atoms with van der Waals surface area (Å²) in [7, 11) is 6.75. The summed E-state index contributed by atoms with van der Waals surface area (Å²) in [5, 5.41) is 43.9. The molecule has 8 N–H and O–H groups in total. The smallest absolute Gasteiger partial charge is 0.255 e. The highest BCUT2D eigenvalue weighted by atomic mass is 35.5. The van der Waals surface area contributed by atoms with Gasteiger partial charge < -0.3 is 36.5 Å². The Labute approximate surface area is 207 Å². The van der Waals surface area contributed by atoms with Gasteiger partial charge >= 0.3 is 0 Å². The van der Waals surface area contributed by atoms with E-state index in [1.807, 2.05) is 19.0 Å². The Morgan fingerprint density at radius 3 is 2.23 bits per heavy atom. The second-order valence-corrected chi connectivity index (χ2v) is 9.31. The van der Waals surface area contributed by atoms with Crippen LogP contribution in [0.5, 0.6) is 5.75 Å². The Bertz CT molecular complexity index is 1180. The van der Waals surface area contributed by atoms with Crippen LogP contribution in [0.25, 0.3) is 5.76 Å². The number of ketones is 2. The molecular weight excluding hydrogens is 482 g/mol. The van der Waals surface area contributed by atoms with Crippen LogP contribution in [0.15, 0.2) is 29.0 Å². The number of hydrogen-bond donors (Lipinski definition) is 5. The maximum atomic E-state index is 13.7. The number of hydrogen-bond acceptors (Lipinski definition) is 9. The molecule has 4 rings (SSSR count). The minimum absolute atomic E-state index is 0. The van der Waals surface area contributed by atoms with Crippen molar-refractivity contribution in [3.05, 3.63) is 40.2 Å². The third kappa shape index (κ3) is 3.66. The molecule has 3 unspecified atom stereocenters. The van der Waals surface area contributed by atoms with E-state index in [0.29, 0.717) is 5.56 Å². The van der Waals surface area contributed by atoms with Gasteiger partial charge in [0.15, 0.2) is 11.4 Å². The minimum Gasteiger partial charge on any atom is -0.508 e. The van der Waals surface area contributed by atoms with Gasteiger partial charge in [-0.1, -0.05) is 0 Å². The number of likely N-dealkylation sites (N-methyl/N-ethyl adjacent to an activating group) is 1. The van der Waals surface area contributed by atoms with Crippen LogP contribution in [-0.2, 0) is 20.8 Å². The highest BCUT2D eigenvalue weighted by molar-refractivity contribution is 6.24. The van der Waals surface area contributed by atoms with Gasteiger partial charge in [0.25, 0.3) is 5.91 Å². The molecule has 35 heavy (non-hydrogen) atoms. The predicted octanol–water partition coefficient (Wildman–Crippen LogP) is -0.373. The summed E-state index contributed by atoms with van der Waals surface area (Å²) in [6.07, 6.45) is 0.324. The fourth-order valence-electron chi connectivity index (χ4n) is 5.65. The average Bonchev–Trinajstić information content (AvgIpc) is 2.70. The number of phenols is 1. The van der Waals surface area contributed by atoms with Crippen molar-refractivity contribution in [2.75, 3.05) is 33.1 Å². The van der Waals surface area contributed by atoms with Crippen molar-refractivity contribution in [1.29, 1.82) is 0 Å². The van der Waals surface area contributed by atoms with Gasteiger partial charge in [0, 0.05) is 31.3 Å². The third-order valence-corrected chi connectivity index (χ3v) is 7.06. The number of phenolic OH excluding ortho intramolecular Hbond substituents is 1. The molecular formula is C23H30ClN3O8. The number of fused-ring (bicyclic) bond motifs is 3. The normalized spacial score (nSPS) is 27.4. The Morgan fingerprint density at radius 2 is 1.71 bits per heavy atom. The highest BCUT2D eigenvalue weighted by Gasteiger charge is 2.64. The summed E-state index contributed by atoms with van der Waals surface area (Å²) in [5.74, 6) is -6.54. The van der Waals surface area contributed by atoms with Crippen LogP contribution in [0.3, 0.4) is 0 Å². The molecule has 1 aromatic carbocycles. The summed E-state index contributed by atoms with van der Waals surface area (Å²) in [4.78, 5) is 42.0. The number of primary amides is 1. The summed E-state index contributed by atoms with van der Waals surface area (Å²) in [5.41, 5.74) is 3.15. The molecule has 4 atom stereocenters. The van der Waals surface area contributed by atoms with E-state index >= 15 is 0 Å². The first-order chi connectivity index (χ1) is 15.3. The number of nitrogens with zero attached hydrogens (tertiary/aromatic N) is 2.